The summed E-state index contributed by atoms with van der Waals surface area (Å²) < 4.78 is 13.0. The molecule has 2 atom stereocenters. The van der Waals surface area contributed by atoms with Crippen molar-refractivity contribution in [3.8, 4) is 0 Å². The highest BCUT2D eigenvalue weighted by molar-refractivity contribution is 5.86. The molecule has 2 unspecified atom stereocenters. The van der Waals surface area contributed by atoms with Crippen LogP contribution in [0.3, 0.4) is 0 Å². The van der Waals surface area contributed by atoms with Gasteiger partial charge in [0.2, 0.25) is 5.91 Å². The number of hydrogen-bond acceptors (Lipinski definition) is 4. The van der Waals surface area contributed by atoms with Crippen LogP contribution in [-0.4, -0.2) is 40.0 Å². The maximum absolute atomic E-state index is 13.0. The fraction of sp³-hybridized carbons (Fsp3) is 0.286. The minimum Gasteiger partial charge on any atom is -0.399 e. The number of hydrogen-bond donors (Lipinski definition) is 4. The third-order valence-electron chi connectivity index (χ3n) is 5.24. The van der Waals surface area contributed by atoms with E-state index in [-0.39, 0.29) is 24.3 Å². The molecule has 1 fully saturated rings. The van der Waals surface area contributed by atoms with Crippen molar-refractivity contribution in [3.63, 3.8) is 0 Å². The Bertz CT molecular complexity index is 986. The number of carbonyl (C=O) groups excluding carboxylic acids is 1. The predicted octanol–water partition coefficient (Wildman–Crippen LogP) is 2.31. The van der Waals surface area contributed by atoms with Gasteiger partial charge in [0, 0.05) is 48.0 Å². The first-order chi connectivity index (χ1) is 13.5. The van der Waals surface area contributed by atoms with Gasteiger partial charge < -0.3 is 26.0 Å². The quantitative estimate of drug-likeness (QED) is 0.492. The lowest BCUT2D eigenvalue weighted by atomic mass is 10.1. The van der Waals surface area contributed by atoms with E-state index in [9.17, 15) is 14.3 Å². The Labute approximate surface area is 162 Å². The minimum absolute atomic E-state index is 0.000281. The van der Waals surface area contributed by atoms with Crippen LogP contribution in [0, 0.1) is 5.82 Å². The molecule has 6 nitrogen and oxygen atoms in total. The number of nitrogen functional groups attached to an aromatic ring is 1. The van der Waals surface area contributed by atoms with Crippen LogP contribution in [0.4, 0.5) is 10.1 Å². The van der Waals surface area contributed by atoms with Crippen molar-refractivity contribution in [1.82, 2.24) is 15.2 Å². The van der Waals surface area contributed by atoms with Crippen molar-refractivity contribution in [1.29, 1.82) is 0 Å². The number of aromatic amines is 1. The first kappa shape index (κ1) is 18.5. The Hall–Kier alpha value is -2.90. The maximum atomic E-state index is 13.0. The third kappa shape index (κ3) is 3.72. The number of nitrogens with two attached hydrogens (primary N) is 1. The number of aliphatic hydroxyl groups excluding tert-OH is 1. The van der Waals surface area contributed by atoms with E-state index in [2.05, 4.69) is 10.3 Å². The second-order valence-corrected chi connectivity index (χ2v) is 7.20. The fourth-order valence-electron chi connectivity index (χ4n) is 3.69. The molecule has 0 bridgehead atoms. The standard InChI is InChI=1S/C21H23FN4O2/c22-14-3-1-13(2-4-14)12-26-8-7-19(21(26)28)25-11-20(27)17-10-24-18-6-5-15(23)9-16(17)18/h1-6,9-10,19-20,24-25,27H,7-8,11-12,23H2. The van der Waals surface area contributed by atoms with Crippen LogP contribution in [0.25, 0.3) is 10.9 Å². The molecule has 1 saturated heterocycles. The molecular formula is C21H23FN4O2. The summed E-state index contributed by atoms with van der Waals surface area (Å²) in [6.07, 6.45) is 1.69. The molecule has 2 heterocycles. The number of aromatic nitrogens is 1. The molecule has 5 N–H and O–H groups in total. The van der Waals surface area contributed by atoms with E-state index in [0.717, 1.165) is 22.0 Å². The van der Waals surface area contributed by atoms with E-state index >= 15 is 0 Å². The van der Waals surface area contributed by atoms with Gasteiger partial charge in [0.1, 0.15) is 5.82 Å². The molecule has 0 spiro atoms. The largest absolute Gasteiger partial charge is 0.399 e. The molecule has 146 valence electrons. The topological polar surface area (TPSA) is 94.4 Å². The van der Waals surface area contributed by atoms with Crippen LogP contribution in [0.15, 0.2) is 48.7 Å². The Morgan fingerprint density at radius 2 is 2.07 bits per heavy atom. The molecule has 0 saturated carbocycles. The highest BCUT2D eigenvalue weighted by atomic mass is 19.1. The molecule has 7 heteroatoms. The Kier molecular flexibility index (Phi) is 5.02. The van der Waals surface area contributed by atoms with E-state index in [1.807, 2.05) is 12.1 Å². The van der Waals surface area contributed by atoms with Gasteiger partial charge in [0.05, 0.1) is 12.1 Å². The highest BCUT2D eigenvalue weighted by Crippen LogP contribution is 2.26. The molecule has 4 rings (SSSR count). The van der Waals surface area contributed by atoms with E-state index < -0.39 is 6.10 Å². The number of benzene rings is 2. The van der Waals surface area contributed by atoms with Gasteiger partial charge >= 0.3 is 0 Å². The van der Waals surface area contributed by atoms with Crippen molar-refractivity contribution in [3.05, 3.63) is 65.6 Å². The first-order valence-corrected chi connectivity index (χ1v) is 9.32. The Morgan fingerprint density at radius 1 is 1.29 bits per heavy atom. The molecule has 1 amide bonds. The number of likely N-dealkylation sites (tertiary alicyclic amines) is 1. The number of nitrogens with one attached hydrogen (secondary N) is 2. The van der Waals surface area contributed by atoms with Crippen molar-refractivity contribution in [2.24, 2.45) is 0 Å². The molecule has 0 radical (unpaired) electrons. The molecule has 0 aliphatic carbocycles. The van der Waals surface area contributed by atoms with Gasteiger partial charge in [-0.3, -0.25) is 4.79 Å². The SMILES string of the molecule is Nc1ccc2[nH]cc(C(O)CNC3CCN(Cc4ccc(F)cc4)C3=O)c2c1. The number of aliphatic hydroxyl groups is 1. The summed E-state index contributed by atoms with van der Waals surface area (Å²) in [7, 11) is 0. The molecule has 1 aromatic heterocycles. The molecule has 3 aromatic rings. The molecule has 1 aliphatic rings. The lowest BCUT2D eigenvalue weighted by molar-refractivity contribution is -0.130. The lowest BCUT2D eigenvalue weighted by Crippen LogP contribution is -2.39. The zero-order valence-corrected chi connectivity index (χ0v) is 15.4. The zero-order chi connectivity index (χ0) is 19.7. The number of amides is 1. The number of nitrogens with zero attached hydrogens (tertiary/aromatic N) is 1. The van der Waals surface area contributed by atoms with Crippen LogP contribution >= 0.6 is 0 Å². The van der Waals surface area contributed by atoms with Crippen LogP contribution < -0.4 is 11.1 Å². The van der Waals surface area contributed by atoms with Crippen molar-refractivity contribution in [2.75, 3.05) is 18.8 Å². The summed E-state index contributed by atoms with van der Waals surface area (Å²) >= 11 is 0. The monoisotopic (exact) mass is 382 g/mol. The summed E-state index contributed by atoms with van der Waals surface area (Å²) in [5, 5.41) is 14.6. The summed E-state index contributed by atoms with van der Waals surface area (Å²) in [5.74, 6) is -0.288. The van der Waals surface area contributed by atoms with Crippen molar-refractivity contribution >= 4 is 22.5 Å². The van der Waals surface area contributed by atoms with Crippen LogP contribution in [0.1, 0.15) is 23.7 Å². The van der Waals surface area contributed by atoms with Gasteiger partial charge in [0.25, 0.3) is 0 Å². The Balaban J connectivity index is 1.36. The molecule has 1 aliphatic heterocycles. The average molecular weight is 382 g/mol. The second-order valence-electron chi connectivity index (χ2n) is 7.20. The predicted molar refractivity (Wildman–Crippen MR) is 106 cm³/mol. The van der Waals surface area contributed by atoms with E-state index in [1.165, 1.54) is 12.1 Å². The van der Waals surface area contributed by atoms with E-state index in [4.69, 9.17) is 5.73 Å². The second kappa shape index (κ2) is 7.61. The lowest BCUT2D eigenvalue weighted by Gasteiger charge is -2.18. The third-order valence-corrected chi connectivity index (χ3v) is 5.24. The minimum atomic E-state index is -0.755. The van der Waals surface area contributed by atoms with Crippen molar-refractivity contribution in [2.45, 2.75) is 25.1 Å². The van der Waals surface area contributed by atoms with Gasteiger partial charge in [-0.1, -0.05) is 12.1 Å². The number of fused-ring (bicyclic) bond motifs is 1. The zero-order valence-electron chi connectivity index (χ0n) is 15.4. The van der Waals surface area contributed by atoms with Gasteiger partial charge in [-0.25, -0.2) is 4.39 Å². The van der Waals surface area contributed by atoms with Crippen LogP contribution in [0.5, 0.6) is 0 Å². The van der Waals surface area contributed by atoms with E-state index in [0.29, 0.717) is 25.2 Å². The van der Waals surface area contributed by atoms with Gasteiger partial charge in [0.15, 0.2) is 0 Å². The number of halogens is 1. The highest BCUT2D eigenvalue weighted by Gasteiger charge is 2.31. The van der Waals surface area contributed by atoms with Crippen LogP contribution in [-0.2, 0) is 11.3 Å². The normalized spacial score (nSPS) is 18.1. The Morgan fingerprint density at radius 3 is 2.86 bits per heavy atom. The number of carbonyl (C=O) groups is 1. The van der Waals surface area contributed by atoms with E-state index in [1.54, 1.807) is 29.3 Å². The summed E-state index contributed by atoms with van der Waals surface area (Å²) in [6, 6.07) is 11.4. The molecular weight excluding hydrogens is 359 g/mol. The van der Waals surface area contributed by atoms with Gasteiger partial charge in [-0.2, -0.15) is 0 Å². The molecule has 28 heavy (non-hydrogen) atoms. The number of H-pyrrole nitrogens is 1. The van der Waals surface area contributed by atoms with Gasteiger partial charge in [-0.05, 0) is 42.3 Å². The average Bonchev–Trinajstić information content (AvgIpc) is 3.25. The maximum Gasteiger partial charge on any atom is 0.240 e. The van der Waals surface area contributed by atoms with Crippen LogP contribution in [0.2, 0.25) is 0 Å². The number of anilines is 1. The molecule has 2 aromatic carbocycles. The first-order valence-electron chi connectivity index (χ1n) is 9.32. The summed E-state index contributed by atoms with van der Waals surface area (Å²) in [6.45, 7) is 1.36. The van der Waals surface area contributed by atoms with Gasteiger partial charge in [-0.15, -0.1) is 0 Å². The summed E-state index contributed by atoms with van der Waals surface area (Å²) in [5.41, 5.74) is 9.04. The number of rotatable bonds is 6. The smallest absolute Gasteiger partial charge is 0.240 e. The van der Waals surface area contributed by atoms with Crippen molar-refractivity contribution < 1.29 is 14.3 Å². The fourth-order valence-corrected chi connectivity index (χ4v) is 3.69. The summed E-state index contributed by atoms with van der Waals surface area (Å²) in [4.78, 5) is 17.5.